The average molecular weight is 394 g/mol. The molecule has 1 atom stereocenters. The summed E-state index contributed by atoms with van der Waals surface area (Å²) in [7, 11) is 1.59. The number of fused-ring (bicyclic) bond motifs is 1. The molecule has 2 aliphatic rings. The Balaban J connectivity index is 1.64. The Labute approximate surface area is 171 Å². The molecular formula is C23H26N2O4. The van der Waals surface area contributed by atoms with Crippen molar-refractivity contribution in [2.75, 3.05) is 31.6 Å². The van der Waals surface area contributed by atoms with Crippen LogP contribution in [-0.4, -0.2) is 49.6 Å². The predicted octanol–water partition coefficient (Wildman–Crippen LogP) is 3.42. The molecular weight excluding hydrogens is 368 g/mol. The molecule has 0 aromatic heterocycles. The molecule has 2 aromatic rings. The summed E-state index contributed by atoms with van der Waals surface area (Å²) in [6, 6.07) is 12.8. The van der Waals surface area contributed by atoms with Crippen LogP contribution in [0.1, 0.15) is 35.2 Å². The number of ether oxygens (including phenoxy) is 2. The van der Waals surface area contributed by atoms with Crippen molar-refractivity contribution in [2.45, 2.75) is 32.3 Å². The first-order chi connectivity index (χ1) is 14.1. The second-order valence-corrected chi connectivity index (χ2v) is 7.56. The molecule has 0 saturated carbocycles. The molecule has 0 N–H and O–H groups in total. The average Bonchev–Trinajstić information content (AvgIpc) is 2.78. The Morgan fingerprint density at radius 1 is 1.07 bits per heavy atom. The van der Waals surface area contributed by atoms with Gasteiger partial charge in [-0.05, 0) is 56.0 Å². The molecule has 1 saturated heterocycles. The fourth-order valence-corrected chi connectivity index (χ4v) is 3.98. The van der Waals surface area contributed by atoms with Gasteiger partial charge in [0, 0.05) is 18.7 Å². The first-order valence-electron chi connectivity index (χ1n) is 10.1. The van der Waals surface area contributed by atoms with Crippen LogP contribution in [-0.2, 0) is 4.79 Å². The zero-order valence-corrected chi connectivity index (χ0v) is 16.9. The van der Waals surface area contributed by atoms with Gasteiger partial charge in [-0.25, -0.2) is 0 Å². The van der Waals surface area contributed by atoms with Crippen molar-refractivity contribution in [1.29, 1.82) is 0 Å². The normalized spacial score (nSPS) is 18.6. The van der Waals surface area contributed by atoms with Gasteiger partial charge in [-0.1, -0.05) is 18.2 Å². The molecule has 152 valence electrons. The second kappa shape index (κ2) is 8.15. The molecule has 6 heteroatoms. The number of rotatable bonds is 3. The fraction of sp³-hybridized carbons (Fsp3) is 0.391. The lowest BCUT2D eigenvalue weighted by atomic mass is 10.1. The number of nitrogens with zero attached hydrogens (tertiary/aromatic N) is 2. The lowest BCUT2D eigenvalue weighted by molar-refractivity contribution is -0.139. The van der Waals surface area contributed by atoms with E-state index in [9.17, 15) is 9.59 Å². The third-order valence-corrected chi connectivity index (χ3v) is 5.62. The van der Waals surface area contributed by atoms with Crippen LogP contribution >= 0.6 is 0 Å². The van der Waals surface area contributed by atoms with E-state index in [2.05, 4.69) is 0 Å². The van der Waals surface area contributed by atoms with Crippen molar-refractivity contribution in [2.24, 2.45) is 0 Å². The Morgan fingerprint density at radius 2 is 1.83 bits per heavy atom. The van der Waals surface area contributed by atoms with E-state index >= 15 is 0 Å². The van der Waals surface area contributed by atoms with Gasteiger partial charge in [0.2, 0.25) is 0 Å². The number of anilines is 1. The van der Waals surface area contributed by atoms with E-state index < -0.39 is 6.10 Å². The molecule has 2 heterocycles. The lowest BCUT2D eigenvalue weighted by Crippen LogP contribution is -2.52. The van der Waals surface area contributed by atoms with Gasteiger partial charge in [0.05, 0.1) is 19.3 Å². The highest BCUT2D eigenvalue weighted by atomic mass is 16.5. The van der Waals surface area contributed by atoms with E-state index in [0.29, 0.717) is 22.7 Å². The van der Waals surface area contributed by atoms with Crippen molar-refractivity contribution < 1.29 is 19.1 Å². The fourth-order valence-electron chi connectivity index (χ4n) is 3.98. The molecule has 0 aliphatic carbocycles. The van der Waals surface area contributed by atoms with Crippen molar-refractivity contribution in [3.8, 4) is 11.5 Å². The van der Waals surface area contributed by atoms with Gasteiger partial charge in [-0.2, -0.15) is 0 Å². The van der Waals surface area contributed by atoms with E-state index in [-0.39, 0.29) is 18.4 Å². The molecule has 0 unspecified atom stereocenters. The molecule has 1 fully saturated rings. The van der Waals surface area contributed by atoms with Crippen molar-refractivity contribution in [1.82, 2.24) is 4.90 Å². The molecule has 2 aromatic carbocycles. The van der Waals surface area contributed by atoms with Gasteiger partial charge in [0.1, 0.15) is 11.5 Å². The number of carbonyl (C=O) groups is 2. The summed E-state index contributed by atoms with van der Waals surface area (Å²) < 4.78 is 11.4. The number of carbonyl (C=O) groups excluding carboxylic acids is 2. The summed E-state index contributed by atoms with van der Waals surface area (Å²) in [4.78, 5) is 29.9. The molecule has 2 amide bonds. The van der Waals surface area contributed by atoms with E-state index in [1.807, 2.05) is 36.1 Å². The van der Waals surface area contributed by atoms with E-state index in [4.69, 9.17) is 9.47 Å². The van der Waals surface area contributed by atoms with E-state index in [1.54, 1.807) is 30.2 Å². The Morgan fingerprint density at radius 3 is 2.59 bits per heavy atom. The number of aryl methyl sites for hydroxylation is 1. The van der Waals surface area contributed by atoms with Crippen LogP contribution in [0.15, 0.2) is 42.5 Å². The zero-order chi connectivity index (χ0) is 20.4. The monoisotopic (exact) mass is 394 g/mol. The number of hydrogen-bond donors (Lipinski definition) is 0. The van der Waals surface area contributed by atoms with Gasteiger partial charge in [0.15, 0.2) is 6.10 Å². The third-order valence-electron chi connectivity index (χ3n) is 5.62. The molecule has 0 spiro atoms. The molecule has 0 bridgehead atoms. The second-order valence-electron chi connectivity index (χ2n) is 7.56. The van der Waals surface area contributed by atoms with Gasteiger partial charge in [-0.3, -0.25) is 9.59 Å². The zero-order valence-electron chi connectivity index (χ0n) is 16.9. The largest absolute Gasteiger partial charge is 0.496 e. The first kappa shape index (κ1) is 19.3. The number of benzene rings is 2. The molecule has 29 heavy (non-hydrogen) atoms. The quantitative estimate of drug-likeness (QED) is 0.800. The summed E-state index contributed by atoms with van der Waals surface area (Å²) in [5.41, 5.74) is 2.16. The van der Waals surface area contributed by atoms with Crippen molar-refractivity contribution >= 4 is 17.5 Å². The maximum atomic E-state index is 13.4. The standard InChI is InChI=1S/C23H26N2O4/c1-16-10-11-17(14-20(16)28-2)22(26)25-15-21(23(27)24-12-6-3-7-13-24)29-19-9-5-4-8-18(19)25/h4-5,8-11,14,21H,3,6-7,12-13,15H2,1-2H3/t21-/m0/s1. The minimum Gasteiger partial charge on any atom is -0.496 e. The SMILES string of the molecule is COc1cc(C(=O)N2C[C@@H](C(=O)N3CCCCC3)Oc3ccccc32)ccc1C. The van der Waals surface area contributed by atoms with Crippen molar-refractivity contribution in [3.63, 3.8) is 0 Å². The van der Waals surface area contributed by atoms with Gasteiger partial charge in [-0.15, -0.1) is 0 Å². The lowest BCUT2D eigenvalue weighted by Gasteiger charge is -2.37. The maximum Gasteiger partial charge on any atom is 0.265 e. The van der Waals surface area contributed by atoms with Gasteiger partial charge < -0.3 is 19.3 Å². The van der Waals surface area contributed by atoms with Crippen molar-refractivity contribution in [3.05, 3.63) is 53.6 Å². The Hall–Kier alpha value is -3.02. The number of methoxy groups -OCH3 is 1. The summed E-state index contributed by atoms with van der Waals surface area (Å²) in [6.07, 6.45) is 2.49. The number of para-hydroxylation sites is 2. The number of likely N-dealkylation sites (tertiary alicyclic amines) is 1. The maximum absolute atomic E-state index is 13.4. The van der Waals surface area contributed by atoms with Crippen LogP contribution in [0.25, 0.3) is 0 Å². The molecule has 6 nitrogen and oxygen atoms in total. The number of hydrogen-bond acceptors (Lipinski definition) is 4. The highest BCUT2D eigenvalue weighted by Gasteiger charge is 2.36. The first-order valence-corrected chi connectivity index (χ1v) is 10.1. The van der Waals surface area contributed by atoms with Crippen LogP contribution in [0.5, 0.6) is 11.5 Å². The predicted molar refractivity (Wildman–Crippen MR) is 111 cm³/mol. The highest BCUT2D eigenvalue weighted by molar-refractivity contribution is 6.08. The Bertz CT molecular complexity index is 921. The molecule has 2 aliphatic heterocycles. The van der Waals surface area contributed by atoms with Crippen LogP contribution < -0.4 is 14.4 Å². The van der Waals surface area contributed by atoms with E-state index in [1.165, 1.54) is 0 Å². The number of piperidine rings is 1. The Kier molecular flexibility index (Phi) is 5.43. The minimum atomic E-state index is -0.695. The van der Waals surface area contributed by atoms with Crippen LogP contribution in [0.4, 0.5) is 5.69 Å². The summed E-state index contributed by atoms with van der Waals surface area (Å²) in [6.45, 7) is 3.64. The topological polar surface area (TPSA) is 59.1 Å². The smallest absolute Gasteiger partial charge is 0.265 e. The van der Waals surface area contributed by atoms with Crippen LogP contribution in [0.3, 0.4) is 0 Å². The van der Waals surface area contributed by atoms with Crippen LogP contribution in [0.2, 0.25) is 0 Å². The highest BCUT2D eigenvalue weighted by Crippen LogP contribution is 2.35. The van der Waals surface area contributed by atoms with Gasteiger partial charge >= 0.3 is 0 Å². The minimum absolute atomic E-state index is 0.0431. The number of amides is 2. The summed E-state index contributed by atoms with van der Waals surface area (Å²) >= 11 is 0. The van der Waals surface area contributed by atoms with Gasteiger partial charge in [0.25, 0.3) is 11.8 Å². The molecule has 0 radical (unpaired) electrons. The van der Waals surface area contributed by atoms with E-state index in [0.717, 1.165) is 37.9 Å². The summed E-state index contributed by atoms with van der Waals surface area (Å²) in [5.74, 6) is 1.01. The van der Waals surface area contributed by atoms with Crippen LogP contribution in [0, 0.1) is 6.92 Å². The third kappa shape index (κ3) is 3.79. The molecule has 4 rings (SSSR count). The summed E-state index contributed by atoms with van der Waals surface area (Å²) in [5, 5.41) is 0.